The summed E-state index contributed by atoms with van der Waals surface area (Å²) in [5, 5.41) is 13.8. The van der Waals surface area contributed by atoms with Crippen molar-refractivity contribution in [2.24, 2.45) is 0 Å². The standard InChI is InChI=1S/C15H9Cl2N3O2/c16-9-4-10(17)6-11(5-9)20-14-12-2-1-8(15(21)22)3-13(12)18-7-19-14/h1-7H,(H,21,22)(H,18,19,20). The van der Waals surface area contributed by atoms with Crippen molar-refractivity contribution < 1.29 is 9.90 Å². The van der Waals surface area contributed by atoms with Gasteiger partial charge in [-0.3, -0.25) is 0 Å². The third kappa shape index (κ3) is 2.95. The van der Waals surface area contributed by atoms with Gasteiger partial charge in [-0.15, -0.1) is 0 Å². The Hall–Kier alpha value is -2.37. The number of fused-ring (bicyclic) bond motifs is 1. The van der Waals surface area contributed by atoms with Crippen LogP contribution in [0.15, 0.2) is 42.7 Å². The van der Waals surface area contributed by atoms with Crippen LogP contribution in [-0.4, -0.2) is 21.0 Å². The van der Waals surface area contributed by atoms with Gasteiger partial charge in [0, 0.05) is 21.1 Å². The minimum absolute atomic E-state index is 0.169. The minimum atomic E-state index is -1.00. The first-order chi connectivity index (χ1) is 10.5. The minimum Gasteiger partial charge on any atom is -0.478 e. The number of anilines is 2. The van der Waals surface area contributed by atoms with Gasteiger partial charge in [0.2, 0.25) is 0 Å². The summed E-state index contributed by atoms with van der Waals surface area (Å²) in [6.07, 6.45) is 1.36. The number of hydrogen-bond acceptors (Lipinski definition) is 4. The zero-order valence-electron chi connectivity index (χ0n) is 11.0. The van der Waals surface area contributed by atoms with Crippen molar-refractivity contribution in [1.29, 1.82) is 0 Å². The summed E-state index contributed by atoms with van der Waals surface area (Å²) < 4.78 is 0. The highest BCUT2D eigenvalue weighted by molar-refractivity contribution is 6.35. The molecule has 110 valence electrons. The molecule has 0 radical (unpaired) electrons. The molecule has 1 aromatic heterocycles. The topological polar surface area (TPSA) is 75.1 Å². The number of rotatable bonds is 3. The predicted octanol–water partition coefficient (Wildman–Crippen LogP) is 4.38. The van der Waals surface area contributed by atoms with Gasteiger partial charge in [-0.1, -0.05) is 23.2 Å². The number of benzene rings is 2. The molecule has 0 bridgehead atoms. The highest BCUT2D eigenvalue weighted by atomic mass is 35.5. The van der Waals surface area contributed by atoms with Crippen molar-refractivity contribution in [1.82, 2.24) is 9.97 Å². The molecule has 0 saturated heterocycles. The molecule has 0 atom stereocenters. The quantitative estimate of drug-likeness (QED) is 0.743. The molecule has 0 saturated carbocycles. The number of nitrogens with zero attached hydrogens (tertiary/aromatic N) is 2. The average Bonchev–Trinajstić information content (AvgIpc) is 2.46. The molecule has 0 unspecified atom stereocenters. The normalized spacial score (nSPS) is 10.6. The SMILES string of the molecule is O=C(O)c1ccc2c(Nc3cc(Cl)cc(Cl)c3)ncnc2c1. The second-order valence-corrected chi connectivity index (χ2v) is 5.42. The third-order valence-corrected chi connectivity index (χ3v) is 3.45. The van der Waals surface area contributed by atoms with Crippen molar-refractivity contribution in [3.63, 3.8) is 0 Å². The van der Waals surface area contributed by atoms with Crippen molar-refractivity contribution in [3.8, 4) is 0 Å². The lowest BCUT2D eigenvalue weighted by molar-refractivity contribution is 0.0697. The summed E-state index contributed by atoms with van der Waals surface area (Å²) in [6.45, 7) is 0. The molecule has 0 aliphatic heterocycles. The summed E-state index contributed by atoms with van der Waals surface area (Å²) >= 11 is 11.9. The molecule has 2 aromatic carbocycles. The van der Waals surface area contributed by atoms with E-state index in [4.69, 9.17) is 28.3 Å². The van der Waals surface area contributed by atoms with Crippen LogP contribution in [0.25, 0.3) is 10.9 Å². The van der Waals surface area contributed by atoms with Crippen molar-refractivity contribution in [2.45, 2.75) is 0 Å². The Balaban J connectivity index is 2.05. The number of aromatic nitrogens is 2. The van der Waals surface area contributed by atoms with Gasteiger partial charge in [0.15, 0.2) is 0 Å². The predicted molar refractivity (Wildman–Crippen MR) is 86.2 cm³/mol. The number of carboxylic acid groups (broad SMARTS) is 1. The van der Waals surface area contributed by atoms with Crippen molar-refractivity contribution in [3.05, 3.63) is 58.3 Å². The van der Waals surface area contributed by atoms with Gasteiger partial charge in [-0.05, 0) is 36.4 Å². The number of hydrogen-bond donors (Lipinski definition) is 2. The highest BCUT2D eigenvalue weighted by Crippen LogP contribution is 2.27. The molecule has 0 fully saturated rings. The smallest absolute Gasteiger partial charge is 0.335 e. The average molecular weight is 334 g/mol. The van der Waals surface area contributed by atoms with Crippen LogP contribution in [0.4, 0.5) is 11.5 Å². The number of carbonyl (C=O) groups is 1. The van der Waals surface area contributed by atoms with Crippen LogP contribution in [-0.2, 0) is 0 Å². The Bertz CT molecular complexity index is 864. The molecule has 0 amide bonds. The molecule has 0 spiro atoms. The first kappa shape index (κ1) is 14.6. The van der Waals surface area contributed by atoms with Crippen LogP contribution in [0.1, 0.15) is 10.4 Å². The number of aromatic carboxylic acids is 1. The molecule has 1 heterocycles. The summed E-state index contributed by atoms with van der Waals surface area (Å²) in [4.78, 5) is 19.3. The van der Waals surface area contributed by atoms with Crippen LogP contribution in [0.5, 0.6) is 0 Å². The van der Waals surface area contributed by atoms with Gasteiger partial charge in [-0.25, -0.2) is 14.8 Å². The van der Waals surface area contributed by atoms with Gasteiger partial charge < -0.3 is 10.4 Å². The second kappa shape index (κ2) is 5.79. The number of nitrogens with one attached hydrogen (secondary N) is 1. The van der Waals surface area contributed by atoms with E-state index < -0.39 is 5.97 Å². The third-order valence-electron chi connectivity index (χ3n) is 3.01. The van der Waals surface area contributed by atoms with Crippen LogP contribution in [0.2, 0.25) is 10.0 Å². The zero-order chi connectivity index (χ0) is 15.7. The maximum Gasteiger partial charge on any atom is 0.335 e. The zero-order valence-corrected chi connectivity index (χ0v) is 12.6. The second-order valence-electron chi connectivity index (χ2n) is 4.54. The van der Waals surface area contributed by atoms with Gasteiger partial charge in [-0.2, -0.15) is 0 Å². The molecule has 5 nitrogen and oxygen atoms in total. The molecule has 3 rings (SSSR count). The Morgan fingerprint density at radius 2 is 1.77 bits per heavy atom. The molecule has 0 aliphatic rings. The molecule has 3 aromatic rings. The van der Waals surface area contributed by atoms with Gasteiger partial charge in [0.05, 0.1) is 11.1 Å². The lowest BCUT2D eigenvalue weighted by Gasteiger charge is -2.09. The summed E-state index contributed by atoms with van der Waals surface area (Å²) in [7, 11) is 0. The fourth-order valence-corrected chi connectivity index (χ4v) is 2.58. The fraction of sp³-hybridized carbons (Fsp3) is 0. The van der Waals surface area contributed by atoms with Gasteiger partial charge in [0.25, 0.3) is 0 Å². The number of halogens is 2. The first-order valence-corrected chi connectivity index (χ1v) is 7.00. The monoisotopic (exact) mass is 333 g/mol. The fourth-order valence-electron chi connectivity index (χ4n) is 2.05. The van der Waals surface area contributed by atoms with E-state index in [1.807, 2.05) is 0 Å². The largest absolute Gasteiger partial charge is 0.478 e. The maximum atomic E-state index is 11.0. The van der Waals surface area contributed by atoms with E-state index in [0.717, 1.165) is 0 Å². The van der Waals surface area contributed by atoms with Crippen molar-refractivity contribution >= 4 is 51.6 Å². The van der Waals surface area contributed by atoms with Crippen LogP contribution >= 0.6 is 23.2 Å². The highest BCUT2D eigenvalue weighted by Gasteiger charge is 2.09. The molecule has 7 heteroatoms. The van der Waals surface area contributed by atoms with Crippen LogP contribution in [0, 0.1) is 0 Å². The van der Waals surface area contributed by atoms with E-state index >= 15 is 0 Å². The Morgan fingerprint density at radius 1 is 1.05 bits per heavy atom. The van der Waals surface area contributed by atoms with E-state index in [0.29, 0.717) is 32.5 Å². The van der Waals surface area contributed by atoms with Crippen LogP contribution in [0.3, 0.4) is 0 Å². The Labute approximate surface area is 135 Å². The maximum absolute atomic E-state index is 11.0. The molecular formula is C15H9Cl2N3O2. The van der Waals surface area contributed by atoms with E-state index in [-0.39, 0.29) is 5.56 Å². The van der Waals surface area contributed by atoms with E-state index in [1.54, 1.807) is 24.3 Å². The number of carboxylic acids is 1. The molecule has 22 heavy (non-hydrogen) atoms. The summed E-state index contributed by atoms with van der Waals surface area (Å²) in [5.41, 5.74) is 1.38. The van der Waals surface area contributed by atoms with E-state index in [1.165, 1.54) is 18.5 Å². The molecular weight excluding hydrogens is 325 g/mol. The Kier molecular flexibility index (Phi) is 3.83. The van der Waals surface area contributed by atoms with Gasteiger partial charge in [0.1, 0.15) is 12.1 Å². The summed E-state index contributed by atoms with van der Waals surface area (Å²) in [6, 6.07) is 9.72. The molecule has 2 N–H and O–H groups in total. The Morgan fingerprint density at radius 3 is 2.45 bits per heavy atom. The van der Waals surface area contributed by atoms with Gasteiger partial charge >= 0.3 is 5.97 Å². The van der Waals surface area contributed by atoms with Crippen LogP contribution < -0.4 is 5.32 Å². The lowest BCUT2D eigenvalue weighted by atomic mass is 10.1. The summed E-state index contributed by atoms with van der Waals surface area (Å²) in [5.74, 6) is -0.461. The van der Waals surface area contributed by atoms with E-state index in [9.17, 15) is 4.79 Å². The van der Waals surface area contributed by atoms with E-state index in [2.05, 4.69) is 15.3 Å². The van der Waals surface area contributed by atoms with Crippen molar-refractivity contribution in [2.75, 3.05) is 5.32 Å². The molecule has 0 aliphatic carbocycles. The first-order valence-electron chi connectivity index (χ1n) is 6.24. The lowest BCUT2D eigenvalue weighted by Crippen LogP contribution is -1.99.